The lowest BCUT2D eigenvalue weighted by Gasteiger charge is -2.26. The second-order valence-corrected chi connectivity index (χ2v) is 6.64. The summed E-state index contributed by atoms with van der Waals surface area (Å²) in [4.78, 5) is 25.3. The first-order chi connectivity index (χ1) is 12.0. The number of carbonyl (C=O) groups excluding carboxylic acids is 1. The predicted molar refractivity (Wildman–Crippen MR) is 101 cm³/mol. The maximum absolute atomic E-state index is 12.5. The molecule has 2 heterocycles. The highest BCUT2D eigenvalue weighted by atomic mass is 16.2. The zero-order chi connectivity index (χ0) is 17.8. The van der Waals surface area contributed by atoms with Crippen molar-refractivity contribution in [3.8, 4) is 0 Å². The molecule has 6 nitrogen and oxygen atoms in total. The number of nitrogens with one attached hydrogen (secondary N) is 1. The van der Waals surface area contributed by atoms with Crippen molar-refractivity contribution in [1.82, 2.24) is 14.9 Å². The third-order valence-corrected chi connectivity index (χ3v) is 4.33. The van der Waals surface area contributed by atoms with Gasteiger partial charge in [-0.25, -0.2) is 4.98 Å². The number of hydrogen-bond donors (Lipinski definition) is 1. The van der Waals surface area contributed by atoms with E-state index >= 15 is 0 Å². The Kier molecular flexibility index (Phi) is 5.16. The van der Waals surface area contributed by atoms with Gasteiger partial charge in [-0.05, 0) is 50.5 Å². The Bertz CT molecular complexity index is 736. The Morgan fingerprint density at radius 1 is 1.08 bits per heavy atom. The molecule has 2 aromatic rings. The van der Waals surface area contributed by atoms with Crippen LogP contribution < -0.4 is 10.2 Å². The largest absolute Gasteiger partial charge is 0.363 e. The third-order valence-electron chi connectivity index (χ3n) is 4.33. The number of anilines is 3. The Morgan fingerprint density at radius 2 is 1.76 bits per heavy atom. The molecular formula is C19H25N5O. The van der Waals surface area contributed by atoms with Gasteiger partial charge in [-0.1, -0.05) is 0 Å². The molecule has 132 valence electrons. The van der Waals surface area contributed by atoms with E-state index < -0.39 is 0 Å². The Labute approximate surface area is 148 Å². The highest BCUT2D eigenvalue weighted by Crippen LogP contribution is 2.19. The van der Waals surface area contributed by atoms with E-state index in [0.717, 1.165) is 48.7 Å². The van der Waals surface area contributed by atoms with E-state index in [0.29, 0.717) is 5.95 Å². The molecule has 0 saturated carbocycles. The summed E-state index contributed by atoms with van der Waals surface area (Å²) in [6, 6.07) is 9.46. The molecular weight excluding hydrogens is 314 g/mol. The summed E-state index contributed by atoms with van der Waals surface area (Å²) in [5.41, 5.74) is 2.50. The normalized spacial score (nSPS) is 14.3. The molecule has 0 unspecified atom stereocenters. The van der Waals surface area contributed by atoms with Crippen molar-refractivity contribution in [2.24, 2.45) is 0 Å². The fourth-order valence-corrected chi connectivity index (χ4v) is 2.94. The lowest BCUT2D eigenvalue weighted by atomic mass is 10.1. The van der Waals surface area contributed by atoms with Crippen LogP contribution in [0.2, 0.25) is 0 Å². The average molecular weight is 339 g/mol. The summed E-state index contributed by atoms with van der Waals surface area (Å²) in [7, 11) is 3.90. The Hall–Kier alpha value is -2.63. The molecule has 3 rings (SSSR count). The van der Waals surface area contributed by atoms with E-state index in [4.69, 9.17) is 0 Å². The molecule has 25 heavy (non-hydrogen) atoms. The molecule has 0 aliphatic carbocycles. The quantitative estimate of drug-likeness (QED) is 0.927. The number of aromatic nitrogens is 2. The van der Waals surface area contributed by atoms with Gasteiger partial charge in [-0.15, -0.1) is 0 Å². The van der Waals surface area contributed by atoms with Gasteiger partial charge < -0.3 is 15.1 Å². The van der Waals surface area contributed by atoms with Crippen molar-refractivity contribution >= 4 is 23.4 Å². The number of aryl methyl sites for hydroxylation is 1. The Morgan fingerprint density at radius 3 is 2.40 bits per heavy atom. The number of likely N-dealkylation sites (tertiary alicyclic amines) is 1. The molecule has 1 amide bonds. The van der Waals surface area contributed by atoms with Gasteiger partial charge in [-0.2, -0.15) is 4.98 Å². The summed E-state index contributed by atoms with van der Waals surface area (Å²) >= 11 is 0. The average Bonchev–Trinajstić information content (AvgIpc) is 2.62. The second kappa shape index (κ2) is 7.51. The van der Waals surface area contributed by atoms with Crippen LogP contribution in [-0.4, -0.2) is 48.0 Å². The second-order valence-electron chi connectivity index (χ2n) is 6.64. The molecule has 0 spiro atoms. The fraction of sp³-hybridized carbons (Fsp3) is 0.421. The van der Waals surface area contributed by atoms with E-state index in [9.17, 15) is 4.79 Å². The van der Waals surface area contributed by atoms with Gasteiger partial charge in [0.25, 0.3) is 5.91 Å². The van der Waals surface area contributed by atoms with Crippen molar-refractivity contribution in [1.29, 1.82) is 0 Å². The van der Waals surface area contributed by atoms with E-state index in [1.54, 1.807) is 0 Å². The van der Waals surface area contributed by atoms with Gasteiger partial charge in [0.05, 0.1) is 0 Å². The number of piperidine rings is 1. The van der Waals surface area contributed by atoms with E-state index in [2.05, 4.69) is 15.3 Å². The highest BCUT2D eigenvalue weighted by molar-refractivity contribution is 5.94. The van der Waals surface area contributed by atoms with Crippen LogP contribution in [0.15, 0.2) is 30.3 Å². The van der Waals surface area contributed by atoms with Crippen LogP contribution in [-0.2, 0) is 0 Å². The fourth-order valence-electron chi connectivity index (χ4n) is 2.94. The SMILES string of the molecule is Cc1cc(N(C)C)nc(Nc2ccc(C(=O)N3CCCCC3)cc2)n1. The minimum Gasteiger partial charge on any atom is -0.363 e. The number of benzene rings is 1. The molecule has 1 aromatic heterocycles. The van der Waals surface area contributed by atoms with Gasteiger partial charge >= 0.3 is 0 Å². The molecule has 1 fully saturated rings. The summed E-state index contributed by atoms with van der Waals surface area (Å²) in [6.45, 7) is 3.67. The van der Waals surface area contributed by atoms with Crippen molar-refractivity contribution < 1.29 is 4.79 Å². The van der Waals surface area contributed by atoms with Crippen LogP contribution in [0, 0.1) is 6.92 Å². The minimum atomic E-state index is 0.118. The van der Waals surface area contributed by atoms with Crippen molar-refractivity contribution in [3.05, 3.63) is 41.6 Å². The summed E-state index contributed by atoms with van der Waals surface area (Å²) in [5.74, 6) is 1.53. The molecule has 0 atom stereocenters. The van der Waals surface area contributed by atoms with Gasteiger partial charge in [-0.3, -0.25) is 4.79 Å². The van der Waals surface area contributed by atoms with Gasteiger partial charge in [0.1, 0.15) is 5.82 Å². The van der Waals surface area contributed by atoms with Crippen LogP contribution in [0.4, 0.5) is 17.5 Å². The number of nitrogens with zero attached hydrogens (tertiary/aromatic N) is 4. The van der Waals surface area contributed by atoms with Gasteiger partial charge in [0, 0.05) is 50.2 Å². The standard InChI is InChI=1S/C19H25N5O/c1-14-13-17(23(2)3)22-19(20-14)21-16-9-7-15(8-10-16)18(25)24-11-5-4-6-12-24/h7-10,13H,4-6,11-12H2,1-3H3,(H,20,21,22). The molecule has 0 radical (unpaired) electrons. The summed E-state index contributed by atoms with van der Waals surface area (Å²) in [6.07, 6.45) is 3.42. The van der Waals surface area contributed by atoms with Crippen LogP contribution in [0.3, 0.4) is 0 Å². The predicted octanol–water partition coefficient (Wildman–Crippen LogP) is 3.22. The van der Waals surface area contributed by atoms with Crippen LogP contribution in [0.5, 0.6) is 0 Å². The van der Waals surface area contributed by atoms with Gasteiger partial charge in [0.2, 0.25) is 5.95 Å². The minimum absolute atomic E-state index is 0.118. The molecule has 6 heteroatoms. The van der Waals surface area contributed by atoms with Crippen LogP contribution >= 0.6 is 0 Å². The molecule has 1 aliphatic heterocycles. The topological polar surface area (TPSA) is 61.4 Å². The first-order valence-electron chi connectivity index (χ1n) is 8.72. The zero-order valence-electron chi connectivity index (χ0n) is 15.1. The lowest BCUT2D eigenvalue weighted by Crippen LogP contribution is -2.35. The maximum atomic E-state index is 12.5. The summed E-state index contributed by atoms with van der Waals surface area (Å²) in [5, 5.41) is 3.21. The molecule has 1 N–H and O–H groups in total. The lowest BCUT2D eigenvalue weighted by molar-refractivity contribution is 0.0724. The maximum Gasteiger partial charge on any atom is 0.253 e. The molecule has 1 saturated heterocycles. The van der Waals surface area contributed by atoms with Gasteiger partial charge in [0.15, 0.2) is 0 Å². The first kappa shape index (κ1) is 17.2. The van der Waals surface area contributed by atoms with Crippen molar-refractivity contribution in [2.75, 3.05) is 37.4 Å². The van der Waals surface area contributed by atoms with E-state index in [-0.39, 0.29) is 5.91 Å². The number of amides is 1. The van der Waals surface area contributed by atoms with Crippen LogP contribution in [0.1, 0.15) is 35.3 Å². The number of rotatable bonds is 4. The number of carbonyl (C=O) groups is 1. The van der Waals surface area contributed by atoms with E-state index in [1.165, 1.54) is 6.42 Å². The Balaban J connectivity index is 1.71. The summed E-state index contributed by atoms with van der Waals surface area (Å²) < 4.78 is 0. The zero-order valence-corrected chi connectivity index (χ0v) is 15.1. The molecule has 0 bridgehead atoms. The van der Waals surface area contributed by atoms with E-state index in [1.807, 2.05) is 61.2 Å². The highest BCUT2D eigenvalue weighted by Gasteiger charge is 2.17. The monoisotopic (exact) mass is 339 g/mol. The smallest absolute Gasteiger partial charge is 0.253 e. The van der Waals surface area contributed by atoms with Crippen LogP contribution in [0.25, 0.3) is 0 Å². The number of hydrogen-bond acceptors (Lipinski definition) is 5. The van der Waals surface area contributed by atoms with Crippen molar-refractivity contribution in [2.45, 2.75) is 26.2 Å². The molecule has 1 aromatic carbocycles. The molecule has 1 aliphatic rings. The third kappa shape index (κ3) is 4.26. The first-order valence-corrected chi connectivity index (χ1v) is 8.72. The van der Waals surface area contributed by atoms with Crippen molar-refractivity contribution in [3.63, 3.8) is 0 Å².